The first-order chi connectivity index (χ1) is 7.57. The molecule has 0 atom stereocenters. The van der Waals surface area contributed by atoms with Crippen LogP contribution in [0.15, 0.2) is 0 Å². The molecule has 88 valence electrons. The highest BCUT2D eigenvalue weighted by molar-refractivity contribution is 7.80. The van der Waals surface area contributed by atoms with E-state index in [4.69, 9.17) is 22.7 Å². The van der Waals surface area contributed by atoms with E-state index in [1.807, 2.05) is 13.8 Å². The number of thiocarbonyl (C=S) groups is 1. The zero-order valence-corrected chi connectivity index (χ0v) is 10.5. The van der Waals surface area contributed by atoms with Gasteiger partial charge in [0.15, 0.2) is 5.82 Å². The van der Waals surface area contributed by atoms with Crippen LogP contribution in [0, 0.1) is 13.8 Å². The zero-order chi connectivity index (χ0) is 12.1. The summed E-state index contributed by atoms with van der Waals surface area (Å²) in [6.45, 7) is 5.04. The van der Waals surface area contributed by atoms with Crippen LogP contribution in [0.25, 0.3) is 0 Å². The monoisotopic (exact) mass is 240 g/mol. The normalized spacial score (nSPS) is 10.2. The lowest BCUT2D eigenvalue weighted by Gasteiger charge is -2.12. The number of nitrogens with two attached hydrogens (primary N) is 1. The quantitative estimate of drug-likeness (QED) is 0.585. The van der Waals surface area contributed by atoms with Gasteiger partial charge in [-0.1, -0.05) is 12.2 Å². The van der Waals surface area contributed by atoms with E-state index in [2.05, 4.69) is 15.5 Å². The highest BCUT2D eigenvalue weighted by Crippen LogP contribution is 2.17. The number of rotatable bonds is 5. The fourth-order valence-electron chi connectivity index (χ4n) is 1.31. The summed E-state index contributed by atoms with van der Waals surface area (Å²) in [5.74, 6) is 0.618. The van der Waals surface area contributed by atoms with Crippen molar-refractivity contribution in [3.05, 3.63) is 16.8 Å². The smallest absolute Gasteiger partial charge is 0.159 e. The number of nitrogens with zero attached hydrogens (tertiary/aromatic N) is 2. The topological polar surface area (TPSA) is 73.1 Å². The molecule has 0 spiro atoms. The Labute approximate surface area is 100 Å². The second-order valence-corrected chi connectivity index (χ2v) is 3.86. The van der Waals surface area contributed by atoms with Gasteiger partial charge in [0.25, 0.3) is 0 Å². The molecule has 16 heavy (non-hydrogen) atoms. The minimum absolute atomic E-state index is 0.329. The molecule has 3 N–H and O–H groups in total. The molecule has 0 aliphatic rings. The number of methoxy groups -OCH3 is 1. The molecule has 5 nitrogen and oxygen atoms in total. The first kappa shape index (κ1) is 12.8. The second-order valence-electron chi connectivity index (χ2n) is 3.42. The van der Waals surface area contributed by atoms with Gasteiger partial charge in [-0.2, -0.15) is 5.10 Å². The van der Waals surface area contributed by atoms with Crippen molar-refractivity contribution in [3.8, 4) is 0 Å². The molecule has 6 heteroatoms. The number of aromatic nitrogens is 2. The summed E-state index contributed by atoms with van der Waals surface area (Å²) < 4.78 is 4.94. The van der Waals surface area contributed by atoms with Crippen molar-refractivity contribution in [1.29, 1.82) is 0 Å². The Morgan fingerprint density at radius 3 is 2.69 bits per heavy atom. The molecule has 0 aliphatic carbocycles. The summed E-state index contributed by atoms with van der Waals surface area (Å²) in [6.07, 6.45) is 0. The van der Waals surface area contributed by atoms with Crippen molar-refractivity contribution in [3.63, 3.8) is 0 Å². The maximum absolute atomic E-state index is 5.68. The van der Waals surface area contributed by atoms with Crippen molar-refractivity contribution in [2.75, 3.05) is 25.6 Å². The summed E-state index contributed by atoms with van der Waals surface area (Å²) in [6, 6.07) is 0. The Hall–Kier alpha value is -1.27. The highest BCUT2D eigenvalue weighted by Gasteiger charge is 2.12. The van der Waals surface area contributed by atoms with Crippen LogP contribution in [0.5, 0.6) is 0 Å². The first-order valence-electron chi connectivity index (χ1n) is 4.94. The SMILES string of the molecule is COCCNc1nnc(C)c(C)c1C(N)=S. The summed E-state index contributed by atoms with van der Waals surface area (Å²) >= 11 is 5.01. The fourth-order valence-corrected chi connectivity index (χ4v) is 1.56. The van der Waals surface area contributed by atoms with Gasteiger partial charge in [0.1, 0.15) is 4.99 Å². The van der Waals surface area contributed by atoms with Crippen molar-refractivity contribution in [2.24, 2.45) is 5.73 Å². The molecular weight excluding hydrogens is 224 g/mol. The Morgan fingerprint density at radius 1 is 1.44 bits per heavy atom. The van der Waals surface area contributed by atoms with Gasteiger partial charge in [-0.05, 0) is 19.4 Å². The van der Waals surface area contributed by atoms with E-state index in [1.165, 1.54) is 0 Å². The average Bonchev–Trinajstić information content (AvgIpc) is 2.23. The molecule has 0 saturated carbocycles. The van der Waals surface area contributed by atoms with Crippen molar-refractivity contribution in [2.45, 2.75) is 13.8 Å². The first-order valence-corrected chi connectivity index (χ1v) is 5.35. The van der Waals surface area contributed by atoms with Gasteiger partial charge in [0, 0.05) is 13.7 Å². The lowest BCUT2D eigenvalue weighted by molar-refractivity contribution is 0.210. The molecule has 1 heterocycles. The molecule has 0 aliphatic heterocycles. The van der Waals surface area contributed by atoms with Crippen LogP contribution in [0.4, 0.5) is 5.82 Å². The van der Waals surface area contributed by atoms with Gasteiger partial charge in [-0.25, -0.2) is 0 Å². The number of ether oxygens (including phenoxy) is 1. The summed E-state index contributed by atoms with van der Waals surface area (Å²) in [7, 11) is 1.64. The Kier molecular flexibility index (Phi) is 4.57. The molecule has 0 amide bonds. The Morgan fingerprint density at radius 2 is 2.12 bits per heavy atom. The molecule has 0 unspecified atom stereocenters. The van der Waals surface area contributed by atoms with Gasteiger partial charge >= 0.3 is 0 Å². The summed E-state index contributed by atoms with van der Waals surface area (Å²) in [4.78, 5) is 0.329. The number of hydrogen-bond donors (Lipinski definition) is 2. The highest BCUT2D eigenvalue weighted by atomic mass is 32.1. The lowest BCUT2D eigenvalue weighted by Crippen LogP contribution is -2.19. The fraction of sp³-hybridized carbons (Fsp3) is 0.500. The van der Waals surface area contributed by atoms with E-state index in [0.717, 1.165) is 16.8 Å². The van der Waals surface area contributed by atoms with Gasteiger partial charge in [0.05, 0.1) is 17.9 Å². The number of nitrogens with one attached hydrogen (secondary N) is 1. The molecule has 0 fully saturated rings. The molecule has 0 aromatic carbocycles. The van der Waals surface area contributed by atoms with Crippen LogP contribution in [0.3, 0.4) is 0 Å². The van der Waals surface area contributed by atoms with E-state index in [9.17, 15) is 0 Å². The van der Waals surface area contributed by atoms with Gasteiger partial charge < -0.3 is 15.8 Å². The van der Waals surface area contributed by atoms with Crippen LogP contribution in [0.1, 0.15) is 16.8 Å². The van der Waals surface area contributed by atoms with E-state index >= 15 is 0 Å². The molecular formula is C10H16N4OS. The van der Waals surface area contributed by atoms with Crippen LogP contribution in [-0.4, -0.2) is 35.4 Å². The Balaban J connectivity index is 2.99. The molecule has 0 bridgehead atoms. The predicted molar refractivity (Wildman–Crippen MR) is 67.8 cm³/mol. The molecule has 1 aromatic rings. The van der Waals surface area contributed by atoms with Crippen molar-refractivity contribution >= 4 is 23.0 Å². The van der Waals surface area contributed by atoms with Crippen molar-refractivity contribution in [1.82, 2.24) is 10.2 Å². The van der Waals surface area contributed by atoms with Crippen molar-refractivity contribution < 1.29 is 4.74 Å². The number of aryl methyl sites for hydroxylation is 1. The average molecular weight is 240 g/mol. The number of hydrogen-bond acceptors (Lipinski definition) is 5. The van der Waals surface area contributed by atoms with E-state index in [1.54, 1.807) is 7.11 Å². The predicted octanol–water partition coefficient (Wildman–Crippen LogP) is 0.786. The standard InChI is InChI=1S/C10H16N4OS/c1-6-7(2)13-14-10(8(6)9(11)16)12-4-5-15-3/h4-5H2,1-3H3,(H2,11,16)(H,12,14). The third kappa shape index (κ3) is 2.86. The molecule has 0 radical (unpaired) electrons. The molecule has 1 rings (SSSR count). The van der Waals surface area contributed by atoms with Crippen LogP contribution in [-0.2, 0) is 4.74 Å². The minimum atomic E-state index is 0.329. The maximum Gasteiger partial charge on any atom is 0.159 e. The maximum atomic E-state index is 5.68. The van der Waals surface area contributed by atoms with Crippen LogP contribution in [0.2, 0.25) is 0 Å². The third-order valence-electron chi connectivity index (χ3n) is 2.30. The van der Waals surface area contributed by atoms with Gasteiger partial charge in [0.2, 0.25) is 0 Å². The molecule has 0 saturated heterocycles. The largest absolute Gasteiger partial charge is 0.389 e. The van der Waals surface area contributed by atoms with E-state index in [0.29, 0.717) is 24.0 Å². The zero-order valence-electron chi connectivity index (χ0n) is 9.70. The summed E-state index contributed by atoms with van der Waals surface area (Å²) in [5, 5.41) is 11.2. The second kappa shape index (κ2) is 5.72. The Bertz CT molecular complexity index is 395. The summed E-state index contributed by atoms with van der Waals surface area (Å²) in [5.41, 5.74) is 8.24. The molecule has 1 aromatic heterocycles. The number of anilines is 1. The third-order valence-corrected chi connectivity index (χ3v) is 2.50. The van der Waals surface area contributed by atoms with Crippen LogP contribution >= 0.6 is 12.2 Å². The van der Waals surface area contributed by atoms with Crippen LogP contribution < -0.4 is 11.1 Å². The van der Waals surface area contributed by atoms with Gasteiger partial charge in [-0.15, -0.1) is 5.10 Å². The minimum Gasteiger partial charge on any atom is -0.389 e. The lowest BCUT2D eigenvalue weighted by atomic mass is 10.1. The van der Waals surface area contributed by atoms with Gasteiger partial charge in [-0.3, -0.25) is 0 Å². The van der Waals surface area contributed by atoms with E-state index < -0.39 is 0 Å². The van der Waals surface area contributed by atoms with E-state index in [-0.39, 0.29) is 0 Å².